The zero-order valence-corrected chi connectivity index (χ0v) is 15.0. The second-order valence-electron chi connectivity index (χ2n) is 6.26. The van der Waals surface area contributed by atoms with Crippen LogP contribution in [-0.4, -0.2) is 55.0 Å². The molecule has 0 fully saturated rings. The Labute approximate surface area is 152 Å². The van der Waals surface area contributed by atoms with Crippen LogP contribution < -0.4 is 20.1 Å². The monoisotopic (exact) mass is 357 g/mol. The van der Waals surface area contributed by atoms with E-state index in [-0.39, 0.29) is 18.4 Å². The van der Waals surface area contributed by atoms with Gasteiger partial charge in [-0.2, -0.15) is 0 Å². The van der Waals surface area contributed by atoms with Crippen molar-refractivity contribution >= 4 is 11.7 Å². The normalized spacial score (nSPS) is 12.3. The van der Waals surface area contributed by atoms with Gasteiger partial charge in [0.2, 0.25) is 6.79 Å². The standard InChI is InChI=1S/C18H23N5O3/c1-23(2)9-3-8-19-17-7-5-14(21-22-17)18(24)20-11-13-4-6-15-16(10-13)26-12-25-15/h4-7,10H,3,8-9,11-12H2,1-2H3,(H,19,22)(H,20,24). The minimum Gasteiger partial charge on any atom is -0.454 e. The van der Waals surface area contributed by atoms with Gasteiger partial charge in [-0.1, -0.05) is 6.07 Å². The van der Waals surface area contributed by atoms with Crippen LogP contribution in [0.4, 0.5) is 5.82 Å². The van der Waals surface area contributed by atoms with Crippen molar-refractivity contribution in [3.63, 3.8) is 0 Å². The fourth-order valence-electron chi connectivity index (χ4n) is 2.48. The first-order valence-corrected chi connectivity index (χ1v) is 8.51. The van der Waals surface area contributed by atoms with E-state index in [0.29, 0.717) is 18.1 Å². The Hall–Kier alpha value is -2.87. The Morgan fingerprint density at radius 1 is 1.15 bits per heavy atom. The maximum Gasteiger partial charge on any atom is 0.272 e. The zero-order chi connectivity index (χ0) is 18.4. The molecule has 0 radical (unpaired) electrons. The van der Waals surface area contributed by atoms with Gasteiger partial charge in [-0.15, -0.1) is 10.2 Å². The van der Waals surface area contributed by atoms with Crippen molar-refractivity contribution in [3.05, 3.63) is 41.6 Å². The highest BCUT2D eigenvalue weighted by molar-refractivity contribution is 5.92. The quantitative estimate of drug-likeness (QED) is 0.692. The molecule has 26 heavy (non-hydrogen) atoms. The minimum atomic E-state index is -0.269. The Kier molecular flexibility index (Phi) is 5.85. The van der Waals surface area contributed by atoms with Crippen LogP contribution in [0, 0.1) is 0 Å². The molecule has 8 nitrogen and oxygen atoms in total. The number of hydrogen-bond acceptors (Lipinski definition) is 7. The van der Waals surface area contributed by atoms with Gasteiger partial charge in [0.15, 0.2) is 17.2 Å². The van der Waals surface area contributed by atoms with Gasteiger partial charge < -0.3 is 25.0 Å². The summed E-state index contributed by atoms with van der Waals surface area (Å²) < 4.78 is 10.6. The topological polar surface area (TPSA) is 88.6 Å². The SMILES string of the molecule is CN(C)CCCNc1ccc(C(=O)NCc2ccc3c(c2)OCO3)nn1. The average molecular weight is 357 g/mol. The Morgan fingerprint density at radius 2 is 2.00 bits per heavy atom. The van der Waals surface area contributed by atoms with Crippen LogP contribution in [0.15, 0.2) is 30.3 Å². The van der Waals surface area contributed by atoms with E-state index in [9.17, 15) is 4.79 Å². The van der Waals surface area contributed by atoms with Crippen LogP contribution in [0.1, 0.15) is 22.5 Å². The molecule has 0 aliphatic carbocycles. The molecular formula is C18H23N5O3. The molecule has 1 aliphatic rings. The number of nitrogens with one attached hydrogen (secondary N) is 2. The van der Waals surface area contributed by atoms with Crippen LogP contribution in [-0.2, 0) is 6.54 Å². The third-order valence-corrected chi connectivity index (χ3v) is 3.88. The van der Waals surface area contributed by atoms with Gasteiger partial charge in [0.1, 0.15) is 5.82 Å². The lowest BCUT2D eigenvalue weighted by atomic mass is 10.2. The molecule has 2 N–H and O–H groups in total. The second kappa shape index (κ2) is 8.48. The van der Waals surface area contributed by atoms with Crippen molar-refractivity contribution in [1.29, 1.82) is 0 Å². The molecule has 1 amide bonds. The molecule has 3 rings (SSSR count). The molecule has 0 saturated carbocycles. The van der Waals surface area contributed by atoms with Gasteiger partial charge in [-0.25, -0.2) is 0 Å². The highest BCUT2D eigenvalue weighted by atomic mass is 16.7. The number of ether oxygens (including phenoxy) is 2. The first-order valence-electron chi connectivity index (χ1n) is 8.51. The fourth-order valence-corrected chi connectivity index (χ4v) is 2.48. The number of rotatable bonds is 8. The summed E-state index contributed by atoms with van der Waals surface area (Å²) in [6.07, 6.45) is 1.01. The number of aromatic nitrogens is 2. The van der Waals surface area contributed by atoms with Crippen LogP contribution in [0.25, 0.3) is 0 Å². The number of carbonyl (C=O) groups excluding carboxylic acids is 1. The summed E-state index contributed by atoms with van der Waals surface area (Å²) in [6.45, 7) is 2.42. The van der Waals surface area contributed by atoms with E-state index in [4.69, 9.17) is 9.47 Å². The van der Waals surface area contributed by atoms with Crippen LogP contribution in [0.5, 0.6) is 11.5 Å². The maximum absolute atomic E-state index is 12.2. The molecule has 2 aromatic rings. The van der Waals surface area contributed by atoms with E-state index in [1.165, 1.54) is 0 Å². The number of amides is 1. The molecule has 0 unspecified atom stereocenters. The number of benzene rings is 1. The van der Waals surface area contributed by atoms with E-state index < -0.39 is 0 Å². The molecule has 138 valence electrons. The van der Waals surface area contributed by atoms with E-state index in [1.54, 1.807) is 12.1 Å². The van der Waals surface area contributed by atoms with Crippen molar-refractivity contribution in [2.75, 3.05) is 39.3 Å². The van der Waals surface area contributed by atoms with Crippen molar-refractivity contribution in [3.8, 4) is 11.5 Å². The summed E-state index contributed by atoms with van der Waals surface area (Å²) in [6, 6.07) is 9.00. The van der Waals surface area contributed by atoms with Gasteiger partial charge in [0.25, 0.3) is 5.91 Å². The van der Waals surface area contributed by atoms with Gasteiger partial charge in [0.05, 0.1) is 0 Å². The fraction of sp³-hybridized carbons (Fsp3) is 0.389. The van der Waals surface area contributed by atoms with Crippen molar-refractivity contribution in [1.82, 2.24) is 20.4 Å². The smallest absolute Gasteiger partial charge is 0.272 e. The van der Waals surface area contributed by atoms with Crippen LogP contribution >= 0.6 is 0 Å². The molecule has 1 aromatic heterocycles. The van der Waals surface area contributed by atoms with Crippen molar-refractivity contribution in [2.24, 2.45) is 0 Å². The lowest BCUT2D eigenvalue weighted by molar-refractivity contribution is 0.0945. The molecule has 0 bridgehead atoms. The molecule has 0 spiro atoms. The third-order valence-electron chi connectivity index (χ3n) is 3.88. The third kappa shape index (κ3) is 4.82. The van der Waals surface area contributed by atoms with E-state index in [0.717, 1.165) is 30.8 Å². The highest BCUT2D eigenvalue weighted by Crippen LogP contribution is 2.32. The average Bonchev–Trinajstić information content (AvgIpc) is 3.11. The lowest BCUT2D eigenvalue weighted by Crippen LogP contribution is -2.24. The second-order valence-corrected chi connectivity index (χ2v) is 6.26. The molecule has 0 saturated heterocycles. The molecular weight excluding hydrogens is 334 g/mol. The Morgan fingerprint density at radius 3 is 2.77 bits per heavy atom. The summed E-state index contributed by atoms with van der Waals surface area (Å²) in [4.78, 5) is 14.3. The predicted molar refractivity (Wildman–Crippen MR) is 97.4 cm³/mol. The summed E-state index contributed by atoms with van der Waals surface area (Å²) in [5.41, 5.74) is 1.21. The Balaban J connectivity index is 1.47. The zero-order valence-electron chi connectivity index (χ0n) is 15.0. The summed E-state index contributed by atoms with van der Waals surface area (Å²) >= 11 is 0. The van der Waals surface area contributed by atoms with Gasteiger partial charge in [0, 0.05) is 13.1 Å². The molecule has 8 heteroatoms. The Bertz CT molecular complexity index is 749. The predicted octanol–water partition coefficient (Wildman–Crippen LogP) is 1.50. The van der Waals surface area contributed by atoms with Gasteiger partial charge in [-0.05, 0) is 56.9 Å². The van der Waals surface area contributed by atoms with E-state index >= 15 is 0 Å². The van der Waals surface area contributed by atoms with Crippen LogP contribution in [0.2, 0.25) is 0 Å². The number of hydrogen-bond donors (Lipinski definition) is 2. The minimum absolute atomic E-state index is 0.232. The van der Waals surface area contributed by atoms with Gasteiger partial charge >= 0.3 is 0 Å². The summed E-state index contributed by atoms with van der Waals surface area (Å²) in [5.74, 6) is 1.81. The van der Waals surface area contributed by atoms with E-state index in [2.05, 4.69) is 25.7 Å². The first kappa shape index (κ1) is 17.9. The van der Waals surface area contributed by atoms with Crippen molar-refractivity contribution < 1.29 is 14.3 Å². The molecule has 1 aromatic carbocycles. The number of fused-ring (bicyclic) bond motifs is 1. The molecule has 2 heterocycles. The largest absolute Gasteiger partial charge is 0.454 e. The van der Waals surface area contributed by atoms with Crippen LogP contribution in [0.3, 0.4) is 0 Å². The highest BCUT2D eigenvalue weighted by Gasteiger charge is 2.14. The molecule has 1 aliphatic heterocycles. The number of anilines is 1. The lowest BCUT2D eigenvalue weighted by Gasteiger charge is -2.10. The van der Waals surface area contributed by atoms with Crippen molar-refractivity contribution in [2.45, 2.75) is 13.0 Å². The number of nitrogens with zero attached hydrogens (tertiary/aromatic N) is 3. The van der Waals surface area contributed by atoms with Gasteiger partial charge in [-0.3, -0.25) is 4.79 Å². The maximum atomic E-state index is 12.2. The first-order chi connectivity index (χ1) is 12.6. The number of carbonyl (C=O) groups is 1. The van der Waals surface area contributed by atoms with E-state index in [1.807, 2.05) is 32.3 Å². The summed E-state index contributed by atoms with van der Waals surface area (Å²) in [7, 11) is 4.08. The summed E-state index contributed by atoms with van der Waals surface area (Å²) in [5, 5.41) is 14.0. The molecule has 0 atom stereocenters.